The zero-order chi connectivity index (χ0) is 21.6. The van der Waals surface area contributed by atoms with E-state index >= 15 is 0 Å². The van der Waals surface area contributed by atoms with E-state index in [0.717, 1.165) is 6.42 Å². The van der Waals surface area contributed by atoms with Gasteiger partial charge in [0.1, 0.15) is 22.9 Å². The molecule has 0 spiro atoms. The van der Waals surface area contributed by atoms with Crippen molar-refractivity contribution in [1.29, 1.82) is 0 Å². The van der Waals surface area contributed by atoms with E-state index in [2.05, 4.69) is 23.8 Å². The fraction of sp³-hybridized carbons (Fsp3) is 0.524. The number of halogens is 4. The molecule has 4 nitrogen and oxygen atoms in total. The first kappa shape index (κ1) is 22.9. The Morgan fingerprint density at radius 3 is 1.69 bits per heavy atom. The molecule has 0 N–H and O–H groups in total. The van der Waals surface area contributed by atoms with Gasteiger partial charge in [0.05, 0.1) is 24.6 Å². The fourth-order valence-electron chi connectivity index (χ4n) is 3.03. The summed E-state index contributed by atoms with van der Waals surface area (Å²) in [7, 11) is 0. The van der Waals surface area contributed by atoms with Crippen molar-refractivity contribution in [3.8, 4) is 22.9 Å². The number of ether oxygens (including phenoxy) is 2. The van der Waals surface area contributed by atoms with Gasteiger partial charge in [-0.2, -0.15) is 0 Å². The highest BCUT2D eigenvalue weighted by atomic mass is 19.3. The molecule has 8 heteroatoms. The van der Waals surface area contributed by atoms with Crippen LogP contribution in [0.2, 0.25) is 0 Å². The van der Waals surface area contributed by atoms with Gasteiger partial charge < -0.3 is 9.47 Å². The molecule has 2 rings (SSSR count). The number of rotatable bonds is 10. The average Bonchev–Trinajstić information content (AvgIpc) is 2.66. The van der Waals surface area contributed by atoms with Crippen LogP contribution in [0.3, 0.4) is 0 Å². The summed E-state index contributed by atoms with van der Waals surface area (Å²) in [5.41, 5.74) is -0.959. The monoisotopic (exact) mass is 414 g/mol. The standard InChI is InChI=1S/C21H26F4N2O2/c1-5-28-16-8-6-14(26-18(16)20(22)23)15-7-9-17(19(27-15)21(24)25)29-11-13(4)10-12(2)3/h6-9,12-13,20-21H,5,10-11H2,1-4H3. The molecule has 0 aliphatic heterocycles. The molecule has 0 radical (unpaired) electrons. The van der Waals surface area contributed by atoms with Crippen LogP contribution < -0.4 is 9.47 Å². The molecule has 0 bridgehead atoms. The highest BCUT2D eigenvalue weighted by molar-refractivity contribution is 5.57. The zero-order valence-electron chi connectivity index (χ0n) is 17.0. The topological polar surface area (TPSA) is 44.2 Å². The number of pyridine rings is 2. The number of alkyl halides is 4. The summed E-state index contributed by atoms with van der Waals surface area (Å²) >= 11 is 0. The summed E-state index contributed by atoms with van der Waals surface area (Å²) in [6.07, 6.45) is -4.83. The molecule has 0 aliphatic carbocycles. The predicted molar refractivity (Wildman–Crippen MR) is 103 cm³/mol. The molecule has 0 saturated carbocycles. The Hall–Kier alpha value is -2.38. The minimum Gasteiger partial charge on any atom is -0.492 e. The van der Waals surface area contributed by atoms with Gasteiger partial charge in [-0.1, -0.05) is 20.8 Å². The van der Waals surface area contributed by atoms with E-state index in [0.29, 0.717) is 5.92 Å². The second kappa shape index (κ2) is 10.4. The third kappa shape index (κ3) is 6.30. The normalized spacial score (nSPS) is 12.7. The number of aromatic nitrogens is 2. The van der Waals surface area contributed by atoms with Crippen LogP contribution in [0.15, 0.2) is 24.3 Å². The lowest BCUT2D eigenvalue weighted by Gasteiger charge is -2.17. The third-order valence-electron chi connectivity index (χ3n) is 4.14. The molecule has 2 aromatic heterocycles. The Labute approximate surface area is 168 Å². The van der Waals surface area contributed by atoms with Crippen LogP contribution in [0.25, 0.3) is 11.4 Å². The fourth-order valence-corrected chi connectivity index (χ4v) is 3.03. The Morgan fingerprint density at radius 2 is 1.28 bits per heavy atom. The molecule has 0 aromatic carbocycles. The maximum absolute atomic E-state index is 13.5. The van der Waals surface area contributed by atoms with E-state index in [9.17, 15) is 17.6 Å². The molecule has 1 atom stereocenters. The molecule has 2 heterocycles. The molecule has 0 fully saturated rings. The highest BCUT2D eigenvalue weighted by Gasteiger charge is 2.21. The van der Waals surface area contributed by atoms with Crippen molar-refractivity contribution in [2.75, 3.05) is 13.2 Å². The quantitative estimate of drug-likeness (QED) is 0.418. The van der Waals surface area contributed by atoms with Crippen LogP contribution in [0.4, 0.5) is 17.6 Å². The Kier molecular flexibility index (Phi) is 8.22. The van der Waals surface area contributed by atoms with E-state index in [1.54, 1.807) is 6.92 Å². The van der Waals surface area contributed by atoms with Crippen molar-refractivity contribution in [2.24, 2.45) is 11.8 Å². The summed E-state index contributed by atoms with van der Waals surface area (Å²) in [6.45, 7) is 8.30. The maximum atomic E-state index is 13.5. The number of nitrogens with zero attached hydrogens (tertiary/aromatic N) is 2. The van der Waals surface area contributed by atoms with Crippen molar-refractivity contribution in [2.45, 2.75) is 47.0 Å². The summed E-state index contributed by atoms with van der Waals surface area (Å²) in [5.74, 6) is 0.610. The van der Waals surface area contributed by atoms with Crippen LogP contribution in [-0.4, -0.2) is 23.2 Å². The molecule has 1 unspecified atom stereocenters. The smallest absolute Gasteiger partial charge is 0.284 e. The second-order valence-corrected chi connectivity index (χ2v) is 7.24. The molecular formula is C21H26F4N2O2. The van der Waals surface area contributed by atoms with Gasteiger partial charge in [0, 0.05) is 0 Å². The predicted octanol–water partition coefficient (Wildman–Crippen LogP) is 6.48. The van der Waals surface area contributed by atoms with E-state index < -0.39 is 24.2 Å². The number of hydrogen-bond acceptors (Lipinski definition) is 4. The van der Waals surface area contributed by atoms with Gasteiger partial charge in [-0.05, 0) is 49.4 Å². The second-order valence-electron chi connectivity index (χ2n) is 7.24. The summed E-state index contributed by atoms with van der Waals surface area (Å²) in [4.78, 5) is 7.81. The van der Waals surface area contributed by atoms with Crippen LogP contribution in [-0.2, 0) is 0 Å². The number of hydrogen-bond donors (Lipinski definition) is 0. The van der Waals surface area contributed by atoms with Crippen LogP contribution in [0.5, 0.6) is 11.5 Å². The highest BCUT2D eigenvalue weighted by Crippen LogP contribution is 2.33. The molecule has 0 amide bonds. The minimum atomic E-state index is -2.87. The molecule has 29 heavy (non-hydrogen) atoms. The van der Waals surface area contributed by atoms with Gasteiger partial charge in [-0.15, -0.1) is 0 Å². The maximum Gasteiger partial charge on any atom is 0.284 e. The SMILES string of the molecule is CCOc1ccc(-c2ccc(OCC(C)CC(C)C)c(C(F)F)n2)nc1C(F)F. The lowest BCUT2D eigenvalue weighted by Crippen LogP contribution is -2.12. The van der Waals surface area contributed by atoms with Gasteiger partial charge in [0.15, 0.2) is 0 Å². The lowest BCUT2D eigenvalue weighted by atomic mass is 10.00. The van der Waals surface area contributed by atoms with Gasteiger partial charge in [0.25, 0.3) is 12.9 Å². The largest absolute Gasteiger partial charge is 0.492 e. The van der Waals surface area contributed by atoms with E-state index in [1.165, 1.54) is 24.3 Å². The molecule has 0 saturated heterocycles. The lowest BCUT2D eigenvalue weighted by molar-refractivity contribution is 0.136. The first-order valence-electron chi connectivity index (χ1n) is 9.57. The van der Waals surface area contributed by atoms with Crippen molar-refractivity contribution >= 4 is 0 Å². The van der Waals surface area contributed by atoms with Crippen molar-refractivity contribution in [3.63, 3.8) is 0 Å². The van der Waals surface area contributed by atoms with Crippen LogP contribution in [0.1, 0.15) is 58.4 Å². The van der Waals surface area contributed by atoms with Crippen LogP contribution in [0, 0.1) is 11.8 Å². The molecule has 0 aliphatic rings. The zero-order valence-corrected chi connectivity index (χ0v) is 17.0. The molecular weight excluding hydrogens is 388 g/mol. The van der Waals surface area contributed by atoms with Gasteiger partial charge in [-0.25, -0.2) is 27.5 Å². The first-order valence-corrected chi connectivity index (χ1v) is 9.57. The molecule has 2 aromatic rings. The van der Waals surface area contributed by atoms with Gasteiger partial charge in [0.2, 0.25) is 0 Å². The van der Waals surface area contributed by atoms with Crippen molar-refractivity contribution < 1.29 is 27.0 Å². The Balaban J connectivity index is 2.31. The van der Waals surface area contributed by atoms with Gasteiger partial charge in [-0.3, -0.25) is 0 Å². The van der Waals surface area contributed by atoms with Crippen molar-refractivity contribution in [1.82, 2.24) is 9.97 Å². The van der Waals surface area contributed by atoms with E-state index in [4.69, 9.17) is 9.47 Å². The minimum absolute atomic E-state index is 0.0145. The Morgan fingerprint density at radius 1 is 0.793 bits per heavy atom. The van der Waals surface area contributed by atoms with Gasteiger partial charge >= 0.3 is 0 Å². The average molecular weight is 414 g/mol. The third-order valence-corrected chi connectivity index (χ3v) is 4.14. The van der Waals surface area contributed by atoms with Crippen molar-refractivity contribution in [3.05, 3.63) is 35.7 Å². The van der Waals surface area contributed by atoms with E-state index in [-0.39, 0.29) is 42.0 Å². The molecule has 160 valence electrons. The summed E-state index contributed by atoms with van der Waals surface area (Å²) < 4.78 is 64.3. The van der Waals surface area contributed by atoms with Crippen LogP contribution >= 0.6 is 0 Å². The Bertz CT molecular complexity index is 800. The first-order chi connectivity index (χ1) is 13.7. The summed E-state index contributed by atoms with van der Waals surface area (Å²) in [6, 6.07) is 5.58. The van der Waals surface area contributed by atoms with E-state index in [1.807, 2.05) is 6.92 Å². The summed E-state index contributed by atoms with van der Waals surface area (Å²) in [5, 5.41) is 0.